The number of morpholine rings is 1. The van der Waals surface area contributed by atoms with Crippen LogP contribution in [0.5, 0.6) is 5.75 Å². The summed E-state index contributed by atoms with van der Waals surface area (Å²) < 4.78 is 10.9. The fourth-order valence-electron chi connectivity index (χ4n) is 3.13. The number of carbonyl (C=O) groups is 1. The van der Waals surface area contributed by atoms with E-state index in [0.29, 0.717) is 11.3 Å². The van der Waals surface area contributed by atoms with Crippen LogP contribution in [0.25, 0.3) is 0 Å². The zero-order valence-electron chi connectivity index (χ0n) is 17.0. The quantitative estimate of drug-likeness (QED) is 0.426. The van der Waals surface area contributed by atoms with Gasteiger partial charge in [-0.25, -0.2) is 5.43 Å². The standard InChI is InChI=1S/C21H24N4O5/c1-15(22-23-21(26)16-3-6-19(7-4-16)25(27)28)17-5-8-20(29-2)18(13-17)14-24-9-11-30-12-10-24/h3-8,13H,9-12,14H2,1-2H3,(H,23,26)/b22-15-. The van der Waals surface area contributed by atoms with Gasteiger partial charge in [-0.1, -0.05) is 0 Å². The number of hydrazone groups is 1. The van der Waals surface area contributed by atoms with Gasteiger partial charge in [-0.3, -0.25) is 19.8 Å². The maximum absolute atomic E-state index is 12.3. The molecule has 2 aromatic rings. The summed E-state index contributed by atoms with van der Waals surface area (Å²) in [5, 5.41) is 14.9. The molecule has 1 fully saturated rings. The Bertz CT molecular complexity index is 937. The van der Waals surface area contributed by atoms with Gasteiger partial charge in [0, 0.05) is 42.9 Å². The lowest BCUT2D eigenvalue weighted by Crippen LogP contribution is -2.35. The number of rotatable bonds is 7. The van der Waals surface area contributed by atoms with Gasteiger partial charge in [0.15, 0.2) is 0 Å². The number of nitrogens with zero attached hydrogens (tertiary/aromatic N) is 3. The molecule has 1 aliphatic heterocycles. The van der Waals surface area contributed by atoms with Crippen LogP contribution in [0.15, 0.2) is 47.6 Å². The van der Waals surface area contributed by atoms with Crippen molar-refractivity contribution in [3.63, 3.8) is 0 Å². The van der Waals surface area contributed by atoms with E-state index in [-0.39, 0.29) is 5.69 Å². The monoisotopic (exact) mass is 412 g/mol. The van der Waals surface area contributed by atoms with Crippen molar-refractivity contribution in [2.75, 3.05) is 33.4 Å². The van der Waals surface area contributed by atoms with Crippen LogP contribution < -0.4 is 10.2 Å². The topological polar surface area (TPSA) is 106 Å². The Hall–Kier alpha value is -3.30. The molecule has 0 atom stereocenters. The molecule has 0 radical (unpaired) electrons. The van der Waals surface area contributed by atoms with E-state index in [9.17, 15) is 14.9 Å². The van der Waals surface area contributed by atoms with Crippen LogP contribution in [-0.2, 0) is 11.3 Å². The first-order chi connectivity index (χ1) is 14.5. The molecule has 9 nitrogen and oxygen atoms in total. The molecule has 0 saturated carbocycles. The Morgan fingerprint density at radius 3 is 2.50 bits per heavy atom. The fraction of sp³-hybridized carbons (Fsp3) is 0.333. The minimum Gasteiger partial charge on any atom is -0.496 e. The highest BCUT2D eigenvalue weighted by Gasteiger charge is 2.15. The number of nitro benzene ring substituents is 1. The molecule has 0 unspecified atom stereocenters. The number of ether oxygens (including phenoxy) is 2. The summed E-state index contributed by atoms with van der Waals surface area (Å²) in [5.41, 5.74) is 5.25. The third-order valence-corrected chi connectivity index (χ3v) is 4.86. The molecule has 158 valence electrons. The van der Waals surface area contributed by atoms with Crippen molar-refractivity contribution in [3.05, 3.63) is 69.3 Å². The molecule has 1 heterocycles. The van der Waals surface area contributed by atoms with Crippen molar-refractivity contribution >= 4 is 17.3 Å². The highest BCUT2D eigenvalue weighted by atomic mass is 16.6. The first-order valence-electron chi connectivity index (χ1n) is 9.54. The molecular weight excluding hydrogens is 388 g/mol. The maximum Gasteiger partial charge on any atom is 0.271 e. The van der Waals surface area contributed by atoms with Gasteiger partial charge in [0.25, 0.3) is 11.6 Å². The lowest BCUT2D eigenvalue weighted by Gasteiger charge is -2.27. The van der Waals surface area contributed by atoms with E-state index < -0.39 is 10.8 Å². The number of nitrogens with one attached hydrogen (secondary N) is 1. The smallest absolute Gasteiger partial charge is 0.271 e. The Balaban J connectivity index is 1.70. The molecule has 2 aromatic carbocycles. The highest BCUT2D eigenvalue weighted by molar-refractivity contribution is 6.01. The van der Waals surface area contributed by atoms with Crippen molar-refractivity contribution < 1.29 is 19.2 Å². The zero-order chi connectivity index (χ0) is 21.5. The first kappa shape index (κ1) is 21.4. The Morgan fingerprint density at radius 2 is 1.87 bits per heavy atom. The second-order valence-corrected chi connectivity index (χ2v) is 6.86. The minimum absolute atomic E-state index is 0.0720. The maximum atomic E-state index is 12.3. The van der Waals surface area contributed by atoms with Crippen LogP contribution in [0, 0.1) is 10.1 Å². The second kappa shape index (κ2) is 9.95. The number of non-ortho nitro benzene ring substituents is 1. The van der Waals surface area contributed by atoms with E-state index in [4.69, 9.17) is 9.47 Å². The molecule has 1 amide bonds. The van der Waals surface area contributed by atoms with Crippen molar-refractivity contribution in [1.82, 2.24) is 10.3 Å². The van der Waals surface area contributed by atoms with Crippen LogP contribution in [0.4, 0.5) is 5.69 Å². The molecule has 1 saturated heterocycles. The van der Waals surface area contributed by atoms with Gasteiger partial charge in [-0.05, 0) is 42.8 Å². The summed E-state index contributed by atoms with van der Waals surface area (Å²) in [5.74, 6) is 0.360. The van der Waals surface area contributed by atoms with E-state index in [1.165, 1.54) is 24.3 Å². The summed E-state index contributed by atoms with van der Waals surface area (Å²) in [6.07, 6.45) is 0. The molecule has 0 aromatic heterocycles. The molecule has 0 spiro atoms. The van der Waals surface area contributed by atoms with Gasteiger partial charge >= 0.3 is 0 Å². The lowest BCUT2D eigenvalue weighted by atomic mass is 10.1. The third-order valence-electron chi connectivity index (χ3n) is 4.86. The van der Waals surface area contributed by atoms with Gasteiger partial charge in [0.1, 0.15) is 5.75 Å². The first-order valence-corrected chi connectivity index (χ1v) is 9.54. The number of hydrogen-bond donors (Lipinski definition) is 1. The molecule has 9 heteroatoms. The van der Waals surface area contributed by atoms with E-state index in [1.807, 2.05) is 18.2 Å². The van der Waals surface area contributed by atoms with E-state index in [0.717, 1.165) is 49.7 Å². The summed E-state index contributed by atoms with van der Waals surface area (Å²) in [6.45, 7) is 5.71. The molecular formula is C21H24N4O5. The van der Waals surface area contributed by atoms with Gasteiger partial charge in [-0.15, -0.1) is 0 Å². The average Bonchev–Trinajstić information content (AvgIpc) is 2.78. The van der Waals surface area contributed by atoms with Gasteiger partial charge < -0.3 is 9.47 Å². The third kappa shape index (κ3) is 5.40. The number of methoxy groups -OCH3 is 1. The molecule has 1 N–H and O–H groups in total. The van der Waals surface area contributed by atoms with Crippen LogP contribution in [0.3, 0.4) is 0 Å². The number of benzene rings is 2. The molecule has 30 heavy (non-hydrogen) atoms. The highest BCUT2D eigenvalue weighted by Crippen LogP contribution is 2.22. The molecule has 0 aliphatic carbocycles. The zero-order valence-corrected chi connectivity index (χ0v) is 17.0. The summed E-state index contributed by atoms with van der Waals surface area (Å²) in [6, 6.07) is 11.1. The van der Waals surface area contributed by atoms with Gasteiger partial charge in [-0.2, -0.15) is 5.10 Å². The van der Waals surface area contributed by atoms with Crippen molar-refractivity contribution in [2.45, 2.75) is 13.5 Å². The van der Waals surface area contributed by atoms with Crippen LogP contribution in [-0.4, -0.2) is 54.9 Å². The SMILES string of the molecule is COc1ccc(/C(C)=N\NC(=O)c2ccc([N+](=O)[O-])cc2)cc1CN1CCOCC1. The Labute approximate surface area is 174 Å². The number of hydrogen-bond acceptors (Lipinski definition) is 7. The van der Waals surface area contributed by atoms with Crippen LogP contribution in [0.1, 0.15) is 28.4 Å². The normalized spacial score (nSPS) is 14.9. The number of amides is 1. The van der Waals surface area contributed by atoms with Gasteiger partial charge in [0.05, 0.1) is 31.0 Å². The molecule has 0 bridgehead atoms. The summed E-state index contributed by atoms with van der Waals surface area (Å²) in [7, 11) is 1.64. The van der Waals surface area contributed by atoms with Crippen molar-refractivity contribution in [1.29, 1.82) is 0 Å². The number of carbonyl (C=O) groups excluding carboxylic acids is 1. The summed E-state index contributed by atoms with van der Waals surface area (Å²) >= 11 is 0. The molecule has 3 rings (SSSR count). The van der Waals surface area contributed by atoms with Crippen molar-refractivity contribution in [2.24, 2.45) is 5.10 Å². The van der Waals surface area contributed by atoms with E-state index in [2.05, 4.69) is 15.4 Å². The minimum atomic E-state index is -0.512. The number of nitro groups is 1. The predicted molar refractivity (Wildman–Crippen MR) is 112 cm³/mol. The summed E-state index contributed by atoms with van der Waals surface area (Å²) in [4.78, 5) is 24.8. The van der Waals surface area contributed by atoms with E-state index in [1.54, 1.807) is 14.0 Å². The van der Waals surface area contributed by atoms with Crippen LogP contribution >= 0.6 is 0 Å². The van der Waals surface area contributed by atoms with Crippen molar-refractivity contribution in [3.8, 4) is 5.75 Å². The Kier molecular flexibility index (Phi) is 7.10. The average molecular weight is 412 g/mol. The predicted octanol–water partition coefficient (Wildman–Crippen LogP) is 2.59. The molecule has 1 aliphatic rings. The fourth-order valence-corrected chi connectivity index (χ4v) is 3.13. The Morgan fingerprint density at radius 1 is 1.20 bits per heavy atom. The van der Waals surface area contributed by atoms with Gasteiger partial charge in [0.2, 0.25) is 0 Å². The second-order valence-electron chi connectivity index (χ2n) is 6.86. The van der Waals surface area contributed by atoms with E-state index >= 15 is 0 Å². The lowest BCUT2D eigenvalue weighted by molar-refractivity contribution is -0.384. The largest absolute Gasteiger partial charge is 0.496 e. The van der Waals surface area contributed by atoms with Crippen LogP contribution in [0.2, 0.25) is 0 Å².